The maximum absolute atomic E-state index is 11.1. The lowest BCUT2D eigenvalue weighted by atomic mass is 9.82. The standard InChI is InChI=1S/C22H19N5O3/c1-13(2)20-19-18(14-8-10-16(11-9-14)27(28)29)17(12-23)21(24)30-22(19)26(25-20)15-6-4-3-5-7-15/h3-11,13,18H,24H2,1-2H3. The number of hydrogen-bond acceptors (Lipinski definition) is 6. The first-order chi connectivity index (χ1) is 14.4. The molecule has 1 unspecified atom stereocenters. The molecule has 0 saturated heterocycles. The molecule has 1 aliphatic heterocycles. The summed E-state index contributed by atoms with van der Waals surface area (Å²) in [7, 11) is 0. The van der Waals surface area contributed by atoms with E-state index in [4.69, 9.17) is 15.6 Å². The predicted octanol–water partition coefficient (Wildman–Crippen LogP) is 4.12. The second kappa shape index (κ2) is 7.37. The number of benzene rings is 2. The molecule has 8 nitrogen and oxygen atoms in total. The van der Waals surface area contributed by atoms with Crippen LogP contribution in [0.5, 0.6) is 5.88 Å². The summed E-state index contributed by atoms with van der Waals surface area (Å²) in [4.78, 5) is 10.6. The number of nitro benzene ring substituents is 1. The molecule has 0 fully saturated rings. The highest BCUT2D eigenvalue weighted by Gasteiger charge is 2.37. The van der Waals surface area contributed by atoms with Gasteiger partial charge in [-0.1, -0.05) is 44.2 Å². The van der Waals surface area contributed by atoms with Crippen molar-refractivity contribution in [2.24, 2.45) is 5.73 Å². The predicted molar refractivity (Wildman–Crippen MR) is 110 cm³/mol. The Hall–Kier alpha value is -4.12. The summed E-state index contributed by atoms with van der Waals surface area (Å²) in [5, 5.41) is 25.6. The van der Waals surface area contributed by atoms with Crippen molar-refractivity contribution in [1.29, 1.82) is 5.26 Å². The summed E-state index contributed by atoms with van der Waals surface area (Å²) < 4.78 is 7.58. The molecule has 0 radical (unpaired) electrons. The smallest absolute Gasteiger partial charge is 0.269 e. The van der Waals surface area contributed by atoms with E-state index in [1.807, 2.05) is 44.2 Å². The lowest BCUT2D eigenvalue weighted by Gasteiger charge is -2.25. The average molecular weight is 401 g/mol. The second-order valence-corrected chi connectivity index (χ2v) is 7.28. The van der Waals surface area contributed by atoms with Crippen LogP contribution in [0.3, 0.4) is 0 Å². The molecule has 1 aromatic heterocycles. The molecule has 0 bridgehead atoms. The molecule has 0 aliphatic carbocycles. The highest BCUT2D eigenvalue weighted by Crippen LogP contribution is 2.46. The number of non-ortho nitro benzene ring substituents is 1. The first-order valence-corrected chi connectivity index (χ1v) is 9.42. The van der Waals surface area contributed by atoms with Crippen molar-refractivity contribution in [3.05, 3.63) is 93.0 Å². The first kappa shape index (κ1) is 19.2. The SMILES string of the molecule is CC(C)c1nn(-c2ccccc2)c2c1C(c1ccc([N+](=O)[O-])cc1)C(C#N)=C(N)O2. The van der Waals surface area contributed by atoms with Crippen LogP contribution in [-0.2, 0) is 0 Å². The van der Waals surface area contributed by atoms with E-state index in [1.54, 1.807) is 16.8 Å². The number of rotatable bonds is 4. The molecule has 8 heteroatoms. The van der Waals surface area contributed by atoms with Gasteiger partial charge in [0.05, 0.1) is 27.8 Å². The van der Waals surface area contributed by atoms with E-state index in [-0.39, 0.29) is 23.1 Å². The molecule has 1 atom stereocenters. The van der Waals surface area contributed by atoms with Gasteiger partial charge in [-0.25, -0.2) is 4.68 Å². The fourth-order valence-electron chi connectivity index (χ4n) is 3.66. The summed E-state index contributed by atoms with van der Waals surface area (Å²) >= 11 is 0. The van der Waals surface area contributed by atoms with Crippen LogP contribution < -0.4 is 10.5 Å². The molecule has 2 N–H and O–H groups in total. The van der Waals surface area contributed by atoms with Gasteiger partial charge >= 0.3 is 0 Å². The van der Waals surface area contributed by atoms with Crippen LogP contribution in [-0.4, -0.2) is 14.7 Å². The molecule has 2 aromatic carbocycles. The average Bonchev–Trinajstić information content (AvgIpc) is 3.12. The van der Waals surface area contributed by atoms with Crippen molar-refractivity contribution in [2.75, 3.05) is 0 Å². The zero-order valence-corrected chi connectivity index (χ0v) is 16.4. The molecule has 150 valence electrons. The minimum absolute atomic E-state index is 0.000685. The van der Waals surface area contributed by atoms with Crippen LogP contribution in [0.1, 0.15) is 42.5 Å². The summed E-state index contributed by atoms with van der Waals surface area (Å²) in [5.41, 5.74) is 9.39. The Kier molecular flexibility index (Phi) is 4.72. The largest absolute Gasteiger partial charge is 0.422 e. The Morgan fingerprint density at radius 3 is 2.43 bits per heavy atom. The molecule has 3 aromatic rings. The van der Waals surface area contributed by atoms with Crippen LogP contribution >= 0.6 is 0 Å². The monoisotopic (exact) mass is 401 g/mol. The van der Waals surface area contributed by atoms with Gasteiger partial charge in [-0.05, 0) is 23.6 Å². The number of aromatic nitrogens is 2. The zero-order chi connectivity index (χ0) is 21.4. The summed E-state index contributed by atoms with van der Waals surface area (Å²) in [5.74, 6) is -0.0352. The molecule has 4 rings (SSSR count). The summed E-state index contributed by atoms with van der Waals surface area (Å²) in [6, 6.07) is 17.8. The van der Waals surface area contributed by atoms with E-state index in [0.717, 1.165) is 16.9 Å². The van der Waals surface area contributed by atoms with Gasteiger partial charge in [0.15, 0.2) is 0 Å². The number of nitriles is 1. The van der Waals surface area contributed by atoms with Gasteiger partial charge in [0.25, 0.3) is 5.69 Å². The van der Waals surface area contributed by atoms with Crippen LogP contribution in [0.25, 0.3) is 5.69 Å². The molecule has 0 saturated carbocycles. The quantitative estimate of drug-likeness (QED) is 0.518. The van der Waals surface area contributed by atoms with E-state index in [9.17, 15) is 15.4 Å². The third kappa shape index (κ3) is 3.06. The molecule has 0 amide bonds. The molecular formula is C22H19N5O3. The van der Waals surface area contributed by atoms with Gasteiger partial charge in [-0.2, -0.15) is 10.4 Å². The fourth-order valence-corrected chi connectivity index (χ4v) is 3.66. The van der Waals surface area contributed by atoms with Gasteiger partial charge in [-0.3, -0.25) is 10.1 Å². The number of nitrogens with zero attached hydrogens (tertiary/aromatic N) is 4. The lowest BCUT2D eigenvalue weighted by Crippen LogP contribution is -2.22. The van der Waals surface area contributed by atoms with E-state index in [0.29, 0.717) is 11.4 Å². The highest BCUT2D eigenvalue weighted by atomic mass is 16.6. The number of para-hydroxylation sites is 1. The van der Waals surface area contributed by atoms with E-state index >= 15 is 0 Å². The van der Waals surface area contributed by atoms with Gasteiger partial charge in [0.2, 0.25) is 11.8 Å². The summed E-state index contributed by atoms with van der Waals surface area (Å²) in [6.07, 6.45) is 0. The molecule has 0 spiro atoms. The van der Waals surface area contributed by atoms with E-state index in [1.165, 1.54) is 12.1 Å². The minimum Gasteiger partial charge on any atom is -0.422 e. The van der Waals surface area contributed by atoms with Crippen molar-refractivity contribution in [2.45, 2.75) is 25.7 Å². The Morgan fingerprint density at radius 2 is 1.87 bits per heavy atom. The number of hydrogen-bond donors (Lipinski definition) is 1. The van der Waals surface area contributed by atoms with Crippen molar-refractivity contribution < 1.29 is 9.66 Å². The third-order valence-corrected chi connectivity index (χ3v) is 5.06. The Balaban J connectivity index is 1.97. The maximum Gasteiger partial charge on any atom is 0.269 e. The maximum atomic E-state index is 11.1. The van der Waals surface area contributed by atoms with Gasteiger partial charge in [0.1, 0.15) is 11.6 Å². The number of ether oxygens (including phenoxy) is 1. The third-order valence-electron chi connectivity index (χ3n) is 5.06. The van der Waals surface area contributed by atoms with Crippen LogP contribution in [0.15, 0.2) is 66.1 Å². The Bertz CT molecular complexity index is 1190. The van der Waals surface area contributed by atoms with Crippen LogP contribution in [0.2, 0.25) is 0 Å². The number of fused-ring (bicyclic) bond motifs is 1. The topological polar surface area (TPSA) is 120 Å². The van der Waals surface area contributed by atoms with Gasteiger partial charge in [0, 0.05) is 12.1 Å². The van der Waals surface area contributed by atoms with Gasteiger partial charge < -0.3 is 10.5 Å². The van der Waals surface area contributed by atoms with Gasteiger partial charge in [-0.15, -0.1) is 0 Å². The fraction of sp³-hybridized carbons (Fsp3) is 0.182. The van der Waals surface area contributed by atoms with Crippen molar-refractivity contribution >= 4 is 5.69 Å². The first-order valence-electron chi connectivity index (χ1n) is 9.42. The van der Waals surface area contributed by atoms with Crippen molar-refractivity contribution in [3.8, 4) is 17.6 Å². The lowest BCUT2D eigenvalue weighted by molar-refractivity contribution is -0.384. The second-order valence-electron chi connectivity index (χ2n) is 7.28. The van der Waals surface area contributed by atoms with Crippen molar-refractivity contribution in [1.82, 2.24) is 9.78 Å². The minimum atomic E-state index is -0.533. The molecule has 2 heterocycles. The Labute approximate surface area is 173 Å². The highest BCUT2D eigenvalue weighted by molar-refractivity contribution is 5.58. The Morgan fingerprint density at radius 1 is 1.20 bits per heavy atom. The zero-order valence-electron chi connectivity index (χ0n) is 16.4. The molecule has 30 heavy (non-hydrogen) atoms. The normalized spacial score (nSPS) is 15.5. The van der Waals surface area contributed by atoms with Crippen molar-refractivity contribution in [3.63, 3.8) is 0 Å². The summed E-state index contributed by atoms with van der Waals surface area (Å²) in [6.45, 7) is 4.02. The van der Waals surface area contributed by atoms with Crippen LogP contribution in [0, 0.1) is 21.4 Å². The molecular weight excluding hydrogens is 382 g/mol. The number of allylic oxidation sites excluding steroid dienone is 1. The molecule has 1 aliphatic rings. The van der Waals surface area contributed by atoms with Crippen LogP contribution in [0.4, 0.5) is 5.69 Å². The van der Waals surface area contributed by atoms with E-state index in [2.05, 4.69) is 6.07 Å². The number of nitro groups is 1. The number of nitrogens with two attached hydrogens (primary N) is 1. The van der Waals surface area contributed by atoms with E-state index < -0.39 is 10.8 Å².